The maximum Gasteiger partial charge on any atom is 0.00277 e. The van der Waals surface area contributed by atoms with Gasteiger partial charge < -0.3 is 5.32 Å². The van der Waals surface area contributed by atoms with Gasteiger partial charge in [0.2, 0.25) is 0 Å². The summed E-state index contributed by atoms with van der Waals surface area (Å²) in [6.45, 7) is 5.99. The summed E-state index contributed by atoms with van der Waals surface area (Å²) in [4.78, 5) is 0. The highest BCUT2D eigenvalue weighted by molar-refractivity contribution is 5.09. The highest BCUT2D eigenvalue weighted by Crippen LogP contribution is 1.76. The molecule has 0 fully saturated rings. The van der Waals surface area contributed by atoms with E-state index in [0.717, 1.165) is 0 Å². The Morgan fingerprint density at radius 2 is 1.45 bits per heavy atom. The van der Waals surface area contributed by atoms with Gasteiger partial charge in [0.05, 0.1) is 0 Å². The van der Waals surface area contributed by atoms with Crippen LogP contribution in [0.1, 0.15) is 20.8 Å². The van der Waals surface area contributed by atoms with Crippen LogP contribution in [0.15, 0.2) is 36.6 Å². The van der Waals surface area contributed by atoms with Crippen molar-refractivity contribution in [2.45, 2.75) is 20.8 Å². The summed E-state index contributed by atoms with van der Waals surface area (Å²) in [5.74, 6) is 0. The van der Waals surface area contributed by atoms with E-state index in [1.807, 2.05) is 64.4 Å². The summed E-state index contributed by atoms with van der Waals surface area (Å²) in [5.41, 5.74) is 0. The van der Waals surface area contributed by atoms with Crippen molar-refractivity contribution in [1.82, 2.24) is 5.32 Å². The molecule has 64 valence electrons. The van der Waals surface area contributed by atoms with E-state index in [9.17, 15) is 0 Å². The topological polar surface area (TPSA) is 12.0 Å². The van der Waals surface area contributed by atoms with Gasteiger partial charge in [0.25, 0.3) is 0 Å². The molecule has 0 heterocycles. The fourth-order valence-electron chi connectivity index (χ4n) is 0.391. The number of rotatable bonds is 3. The molecule has 0 aliphatic carbocycles. The molecule has 0 rings (SSSR count). The van der Waals surface area contributed by atoms with Crippen LogP contribution >= 0.6 is 0 Å². The van der Waals surface area contributed by atoms with E-state index >= 15 is 0 Å². The summed E-state index contributed by atoms with van der Waals surface area (Å²) < 4.78 is 0. The molecule has 0 aliphatic rings. The minimum absolute atomic E-state index is 1.88. The zero-order chi connectivity index (χ0) is 8.95. The second-order valence-corrected chi connectivity index (χ2v) is 1.56. The molecule has 0 atom stereocenters. The molecule has 0 bridgehead atoms. The quantitative estimate of drug-likeness (QED) is 0.615. The monoisotopic (exact) mass is 153 g/mol. The van der Waals surface area contributed by atoms with E-state index in [2.05, 4.69) is 5.32 Å². The Balaban J connectivity index is 0. The van der Waals surface area contributed by atoms with Gasteiger partial charge in [-0.2, -0.15) is 0 Å². The maximum atomic E-state index is 2.89. The lowest BCUT2D eigenvalue weighted by molar-refractivity contribution is 1.10. The van der Waals surface area contributed by atoms with Gasteiger partial charge in [-0.3, -0.25) is 0 Å². The third kappa shape index (κ3) is 17.6. The third-order valence-electron chi connectivity index (χ3n) is 0.789. The molecule has 1 nitrogen and oxygen atoms in total. The Bertz CT molecular complexity index is 121. The van der Waals surface area contributed by atoms with Crippen LogP contribution in [0, 0.1) is 0 Å². The molecule has 1 heteroatoms. The Labute approximate surface area is 70.5 Å². The molecular weight excluding hydrogens is 134 g/mol. The number of allylic oxidation sites excluding steroid dienone is 5. The summed E-state index contributed by atoms with van der Waals surface area (Å²) in [7, 11) is 1.88. The van der Waals surface area contributed by atoms with Crippen LogP contribution in [0.4, 0.5) is 0 Å². The molecule has 0 saturated carbocycles. The van der Waals surface area contributed by atoms with Gasteiger partial charge in [-0.1, -0.05) is 38.2 Å². The van der Waals surface area contributed by atoms with Crippen LogP contribution in [0.2, 0.25) is 0 Å². The van der Waals surface area contributed by atoms with E-state index in [0.29, 0.717) is 0 Å². The molecule has 11 heavy (non-hydrogen) atoms. The highest BCUT2D eigenvalue weighted by Gasteiger charge is 1.58. The van der Waals surface area contributed by atoms with Gasteiger partial charge in [0.1, 0.15) is 0 Å². The van der Waals surface area contributed by atoms with E-state index < -0.39 is 0 Å². The zero-order valence-corrected chi connectivity index (χ0v) is 7.96. The van der Waals surface area contributed by atoms with Crippen molar-refractivity contribution in [3.05, 3.63) is 36.6 Å². The van der Waals surface area contributed by atoms with Crippen molar-refractivity contribution in [1.29, 1.82) is 0 Å². The summed E-state index contributed by atoms with van der Waals surface area (Å²) >= 11 is 0. The molecule has 0 unspecified atom stereocenters. The first-order valence-corrected chi connectivity index (χ1v) is 4.03. The van der Waals surface area contributed by atoms with Crippen molar-refractivity contribution in [3.8, 4) is 0 Å². The van der Waals surface area contributed by atoms with Gasteiger partial charge in [-0.15, -0.1) is 0 Å². The molecule has 0 amide bonds. The lowest BCUT2D eigenvalue weighted by Crippen LogP contribution is -1.89. The van der Waals surface area contributed by atoms with Gasteiger partial charge in [0.15, 0.2) is 0 Å². The van der Waals surface area contributed by atoms with Crippen LogP contribution in [0.25, 0.3) is 0 Å². The summed E-state index contributed by atoms with van der Waals surface area (Å²) in [6.07, 6.45) is 11.7. The van der Waals surface area contributed by atoms with Crippen molar-refractivity contribution in [3.63, 3.8) is 0 Å². The Hall–Kier alpha value is -0.980. The van der Waals surface area contributed by atoms with Crippen LogP contribution in [-0.4, -0.2) is 7.05 Å². The first kappa shape index (κ1) is 12.7. The SMILES string of the molecule is CC.C\C=C/C=C\C=C\NC. The van der Waals surface area contributed by atoms with Crippen LogP contribution < -0.4 is 5.32 Å². The summed E-state index contributed by atoms with van der Waals surface area (Å²) in [5, 5.41) is 2.89. The first-order valence-electron chi connectivity index (χ1n) is 4.03. The van der Waals surface area contributed by atoms with Gasteiger partial charge in [-0.05, 0) is 19.2 Å². The highest BCUT2D eigenvalue weighted by atomic mass is 14.8. The van der Waals surface area contributed by atoms with Crippen LogP contribution in [-0.2, 0) is 0 Å². The van der Waals surface area contributed by atoms with Crippen molar-refractivity contribution in [2.75, 3.05) is 7.05 Å². The average Bonchev–Trinajstić information content (AvgIpc) is 2.08. The molecule has 0 radical (unpaired) electrons. The minimum atomic E-state index is 1.88. The Kier molecular flexibility index (Phi) is 18.4. The average molecular weight is 153 g/mol. The van der Waals surface area contributed by atoms with E-state index in [-0.39, 0.29) is 0 Å². The zero-order valence-electron chi connectivity index (χ0n) is 7.96. The van der Waals surface area contributed by atoms with Crippen LogP contribution in [0.3, 0.4) is 0 Å². The minimum Gasteiger partial charge on any atom is -0.394 e. The second-order valence-electron chi connectivity index (χ2n) is 1.56. The molecule has 0 spiro atoms. The smallest absolute Gasteiger partial charge is 0.00277 e. The van der Waals surface area contributed by atoms with Gasteiger partial charge >= 0.3 is 0 Å². The van der Waals surface area contributed by atoms with Crippen LogP contribution in [0.5, 0.6) is 0 Å². The number of nitrogens with one attached hydrogen (secondary N) is 1. The normalized spacial score (nSPS) is 10.5. The lowest BCUT2D eigenvalue weighted by Gasteiger charge is -1.78. The predicted octanol–water partition coefficient (Wildman–Crippen LogP) is 2.88. The molecule has 1 N–H and O–H groups in total. The fraction of sp³-hybridized carbons (Fsp3) is 0.400. The van der Waals surface area contributed by atoms with E-state index in [1.54, 1.807) is 0 Å². The van der Waals surface area contributed by atoms with Crippen molar-refractivity contribution < 1.29 is 0 Å². The van der Waals surface area contributed by atoms with E-state index in [4.69, 9.17) is 0 Å². The van der Waals surface area contributed by atoms with Crippen molar-refractivity contribution in [2.24, 2.45) is 0 Å². The van der Waals surface area contributed by atoms with Crippen molar-refractivity contribution >= 4 is 0 Å². The Morgan fingerprint density at radius 3 is 1.91 bits per heavy atom. The predicted molar refractivity (Wildman–Crippen MR) is 53.5 cm³/mol. The molecule has 0 aromatic heterocycles. The van der Waals surface area contributed by atoms with Gasteiger partial charge in [0, 0.05) is 7.05 Å². The molecule has 0 saturated heterocycles. The maximum absolute atomic E-state index is 2.89. The second kappa shape index (κ2) is 16.0. The lowest BCUT2D eigenvalue weighted by atomic mass is 10.4. The third-order valence-corrected chi connectivity index (χ3v) is 0.789. The number of hydrogen-bond donors (Lipinski definition) is 1. The molecule has 0 aromatic rings. The number of hydrogen-bond acceptors (Lipinski definition) is 1. The molecule has 0 aliphatic heterocycles. The van der Waals surface area contributed by atoms with E-state index in [1.165, 1.54) is 0 Å². The fourth-order valence-corrected chi connectivity index (χ4v) is 0.391. The van der Waals surface area contributed by atoms with Gasteiger partial charge in [-0.25, -0.2) is 0 Å². The largest absolute Gasteiger partial charge is 0.394 e. The molecular formula is C10H19N. The first-order chi connectivity index (χ1) is 5.41. The molecule has 0 aromatic carbocycles. The Morgan fingerprint density at radius 1 is 0.909 bits per heavy atom. The standard InChI is InChI=1S/C8H13N.C2H6/c1-3-4-5-6-7-8-9-2;1-2/h3-9H,1-2H3;1-2H3/b4-3-,6-5-,8-7+;. The summed E-state index contributed by atoms with van der Waals surface area (Å²) in [6, 6.07) is 0.